The number of aromatic nitrogens is 1. The molecule has 0 aromatic carbocycles. The SMILES string of the molecule is CC(C)(C)OC(=O)CC/C(=C/F)COc1cc2c(cn1)C(=O)N(C1CC1)CC2. The van der Waals surface area contributed by atoms with Gasteiger partial charge in [0.15, 0.2) is 0 Å². The van der Waals surface area contributed by atoms with Gasteiger partial charge < -0.3 is 14.4 Å². The van der Waals surface area contributed by atoms with Crippen molar-refractivity contribution >= 4 is 11.9 Å². The fourth-order valence-electron chi connectivity index (χ4n) is 3.17. The van der Waals surface area contributed by atoms with Crippen molar-refractivity contribution in [3.8, 4) is 5.88 Å². The highest BCUT2D eigenvalue weighted by molar-refractivity contribution is 5.96. The Balaban J connectivity index is 1.53. The van der Waals surface area contributed by atoms with E-state index in [9.17, 15) is 14.0 Å². The molecule has 7 heteroatoms. The van der Waals surface area contributed by atoms with Crippen LogP contribution < -0.4 is 4.74 Å². The summed E-state index contributed by atoms with van der Waals surface area (Å²) < 4.78 is 23.9. The second-order valence-corrected chi connectivity index (χ2v) is 8.30. The summed E-state index contributed by atoms with van der Waals surface area (Å²) in [5.41, 5.74) is 1.32. The van der Waals surface area contributed by atoms with Crippen LogP contribution in [0, 0.1) is 0 Å². The van der Waals surface area contributed by atoms with Crippen LogP contribution in [0.2, 0.25) is 0 Å². The number of rotatable bonds is 7. The van der Waals surface area contributed by atoms with Gasteiger partial charge in [0.1, 0.15) is 12.2 Å². The first-order valence-corrected chi connectivity index (χ1v) is 9.69. The van der Waals surface area contributed by atoms with Crippen LogP contribution in [-0.4, -0.2) is 46.6 Å². The Morgan fingerprint density at radius 3 is 2.75 bits per heavy atom. The summed E-state index contributed by atoms with van der Waals surface area (Å²) in [6, 6.07) is 2.14. The van der Waals surface area contributed by atoms with Crippen molar-refractivity contribution in [2.75, 3.05) is 13.2 Å². The summed E-state index contributed by atoms with van der Waals surface area (Å²) in [5.74, 6) is 0.00466. The lowest BCUT2D eigenvalue weighted by Crippen LogP contribution is -2.39. The number of hydrogen-bond acceptors (Lipinski definition) is 5. The molecule has 28 heavy (non-hydrogen) atoms. The summed E-state index contributed by atoms with van der Waals surface area (Å²) in [4.78, 5) is 30.4. The van der Waals surface area contributed by atoms with Gasteiger partial charge in [0.2, 0.25) is 5.88 Å². The van der Waals surface area contributed by atoms with Gasteiger partial charge in [-0.1, -0.05) is 0 Å². The molecule has 1 aromatic rings. The van der Waals surface area contributed by atoms with E-state index in [1.54, 1.807) is 33.0 Å². The van der Waals surface area contributed by atoms with Crippen LogP contribution in [0.5, 0.6) is 5.88 Å². The number of carbonyl (C=O) groups excluding carboxylic acids is 2. The van der Waals surface area contributed by atoms with E-state index in [0.29, 0.717) is 35.9 Å². The molecule has 2 aliphatic rings. The summed E-state index contributed by atoms with van der Waals surface area (Å²) >= 11 is 0. The summed E-state index contributed by atoms with van der Waals surface area (Å²) in [5, 5.41) is 0. The predicted octanol–water partition coefficient (Wildman–Crippen LogP) is 3.60. The first-order chi connectivity index (χ1) is 13.3. The third-order valence-electron chi connectivity index (χ3n) is 4.70. The number of hydrogen-bond donors (Lipinski definition) is 0. The summed E-state index contributed by atoms with van der Waals surface area (Å²) in [6.07, 6.45) is 5.22. The monoisotopic (exact) mass is 390 g/mol. The Morgan fingerprint density at radius 1 is 1.36 bits per heavy atom. The average molecular weight is 390 g/mol. The molecule has 0 unspecified atom stereocenters. The molecule has 0 bridgehead atoms. The summed E-state index contributed by atoms with van der Waals surface area (Å²) in [7, 11) is 0. The maximum atomic E-state index is 13.1. The standard InChI is InChI=1S/C21H27FN2O4/c1-21(2,3)28-19(25)7-4-14(11-22)13-27-18-10-15-8-9-24(16-5-6-16)20(26)17(15)12-23-18/h10-12,16H,4-9,13H2,1-3H3/b14-11-. The van der Waals surface area contributed by atoms with Crippen LogP contribution in [-0.2, 0) is 16.0 Å². The maximum Gasteiger partial charge on any atom is 0.306 e. The fourth-order valence-corrected chi connectivity index (χ4v) is 3.17. The second kappa shape index (κ2) is 8.29. The highest BCUT2D eigenvalue weighted by Gasteiger charge is 2.36. The number of pyridine rings is 1. The normalized spacial score (nSPS) is 17.4. The molecule has 0 radical (unpaired) electrons. The molecule has 0 spiro atoms. The fraction of sp³-hybridized carbons (Fsp3) is 0.571. The predicted molar refractivity (Wildman–Crippen MR) is 102 cm³/mol. The Kier molecular flexibility index (Phi) is 6.01. The second-order valence-electron chi connectivity index (χ2n) is 8.30. The number of nitrogens with zero attached hydrogens (tertiary/aromatic N) is 2. The van der Waals surface area contributed by atoms with Crippen molar-refractivity contribution in [1.82, 2.24) is 9.88 Å². The average Bonchev–Trinajstić information content (AvgIpc) is 3.45. The Hall–Kier alpha value is -2.44. The molecule has 1 aromatic heterocycles. The van der Waals surface area contributed by atoms with Crippen LogP contribution in [0.15, 0.2) is 24.2 Å². The van der Waals surface area contributed by atoms with Crippen LogP contribution >= 0.6 is 0 Å². The number of esters is 1. The number of carbonyl (C=O) groups is 2. The molecule has 6 nitrogen and oxygen atoms in total. The van der Waals surface area contributed by atoms with E-state index >= 15 is 0 Å². The third-order valence-corrected chi connectivity index (χ3v) is 4.70. The van der Waals surface area contributed by atoms with Crippen molar-refractivity contribution in [2.45, 2.75) is 64.5 Å². The molecule has 1 fully saturated rings. The van der Waals surface area contributed by atoms with E-state index < -0.39 is 5.60 Å². The largest absolute Gasteiger partial charge is 0.473 e. The van der Waals surface area contributed by atoms with Gasteiger partial charge in [0.05, 0.1) is 11.9 Å². The lowest BCUT2D eigenvalue weighted by Gasteiger charge is -2.28. The van der Waals surface area contributed by atoms with Crippen molar-refractivity contribution in [3.05, 3.63) is 35.3 Å². The van der Waals surface area contributed by atoms with Crippen LogP contribution in [0.1, 0.15) is 62.4 Å². The molecular weight excluding hydrogens is 363 g/mol. The molecule has 0 atom stereocenters. The number of amides is 1. The Morgan fingerprint density at radius 2 is 2.11 bits per heavy atom. The minimum Gasteiger partial charge on any atom is -0.473 e. The Labute approximate surface area is 164 Å². The van der Waals surface area contributed by atoms with E-state index in [-0.39, 0.29) is 31.3 Å². The van der Waals surface area contributed by atoms with Gasteiger partial charge in [0.25, 0.3) is 5.91 Å². The quantitative estimate of drug-likeness (QED) is 0.666. The van der Waals surface area contributed by atoms with E-state index in [1.807, 2.05) is 4.90 Å². The van der Waals surface area contributed by atoms with Crippen molar-refractivity contribution in [2.24, 2.45) is 0 Å². The first-order valence-electron chi connectivity index (χ1n) is 9.69. The zero-order valence-corrected chi connectivity index (χ0v) is 16.7. The molecular formula is C21H27FN2O4. The lowest BCUT2D eigenvalue weighted by molar-refractivity contribution is -0.154. The van der Waals surface area contributed by atoms with Gasteiger partial charge in [-0.25, -0.2) is 9.37 Å². The number of fused-ring (bicyclic) bond motifs is 1. The van der Waals surface area contributed by atoms with E-state index in [4.69, 9.17) is 9.47 Å². The molecule has 0 N–H and O–H groups in total. The van der Waals surface area contributed by atoms with Gasteiger partial charge in [-0.3, -0.25) is 9.59 Å². The van der Waals surface area contributed by atoms with Crippen molar-refractivity contribution in [1.29, 1.82) is 0 Å². The molecule has 152 valence electrons. The van der Waals surface area contributed by atoms with E-state index in [0.717, 1.165) is 24.8 Å². The molecule has 1 amide bonds. The van der Waals surface area contributed by atoms with Gasteiger partial charge in [-0.05, 0) is 57.6 Å². The van der Waals surface area contributed by atoms with E-state index in [1.165, 1.54) is 0 Å². The smallest absolute Gasteiger partial charge is 0.306 e. The molecule has 1 aliphatic heterocycles. The van der Waals surface area contributed by atoms with E-state index in [2.05, 4.69) is 4.98 Å². The minimum atomic E-state index is -0.563. The summed E-state index contributed by atoms with van der Waals surface area (Å²) in [6.45, 7) is 6.07. The number of ether oxygens (including phenoxy) is 2. The molecule has 1 aliphatic carbocycles. The highest BCUT2D eigenvalue weighted by Crippen LogP contribution is 2.32. The lowest BCUT2D eigenvalue weighted by atomic mass is 10.0. The van der Waals surface area contributed by atoms with Gasteiger partial charge in [-0.2, -0.15) is 0 Å². The maximum absolute atomic E-state index is 13.1. The van der Waals surface area contributed by atoms with Gasteiger partial charge in [0, 0.05) is 31.3 Å². The van der Waals surface area contributed by atoms with Gasteiger partial charge in [-0.15, -0.1) is 0 Å². The molecule has 2 heterocycles. The Bertz CT molecular complexity index is 781. The third kappa shape index (κ3) is 5.30. The topological polar surface area (TPSA) is 68.7 Å². The van der Waals surface area contributed by atoms with Crippen molar-refractivity contribution < 1.29 is 23.5 Å². The van der Waals surface area contributed by atoms with Crippen LogP contribution in [0.4, 0.5) is 4.39 Å². The van der Waals surface area contributed by atoms with Crippen LogP contribution in [0.25, 0.3) is 0 Å². The van der Waals surface area contributed by atoms with Gasteiger partial charge >= 0.3 is 5.97 Å². The number of halogens is 1. The molecule has 3 rings (SSSR count). The highest BCUT2D eigenvalue weighted by atomic mass is 19.1. The molecule has 1 saturated carbocycles. The minimum absolute atomic E-state index is 0.00672. The van der Waals surface area contributed by atoms with Crippen molar-refractivity contribution in [3.63, 3.8) is 0 Å². The first kappa shape index (κ1) is 20.3. The molecule has 0 saturated heterocycles. The zero-order chi connectivity index (χ0) is 20.3. The zero-order valence-electron chi connectivity index (χ0n) is 16.7. The van der Waals surface area contributed by atoms with Crippen LogP contribution in [0.3, 0.4) is 0 Å².